The fraction of sp³-hybridized carbons (Fsp3) is 0.227. The highest BCUT2D eigenvalue weighted by Gasteiger charge is 2.22. The van der Waals surface area contributed by atoms with Crippen LogP contribution < -0.4 is 9.64 Å². The minimum Gasteiger partial charge on any atom is -0.489 e. The van der Waals surface area contributed by atoms with Gasteiger partial charge in [-0.3, -0.25) is 4.98 Å². The van der Waals surface area contributed by atoms with Crippen molar-refractivity contribution in [3.05, 3.63) is 77.6 Å². The Morgan fingerprint density at radius 2 is 2.00 bits per heavy atom. The van der Waals surface area contributed by atoms with Gasteiger partial charge in [0.1, 0.15) is 12.4 Å². The number of para-hydroxylation sites is 1. The number of aromatic nitrogens is 1. The Morgan fingerprint density at radius 1 is 1.08 bits per heavy atom. The lowest BCUT2D eigenvalue weighted by molar-refractivity contribution is 0.305. The van der Waals surface area contributed by atoms with Crippen LogP contribution in [0.5, 0.6) is 5.75 Å². The van der Waals surface area contributed by atoms with Gasteiger partial charge in [-0.25, -0.2) is 0 Å². The van der Waals surface area contributed by atoms with Gasteiger partial charge >= 0.3 is 0 Å². The minimum absolute atomic E-state index is 0.541. The molecule has 0 N–H and O–H groups in total. The van der Waals surface area contributed by atoms with Crippen LogP contribution in [-0.2, 0) is 13.2 Å². The summed E-state index contributed by atoms with van der Waals surface area (Å²) < 4.78 is 5.98. The Balaban J connectivity index is 1.65. The summed E-state index contributed by atoms with van der Waals surface area (Å²) in [6, 6.07) is 17.0. The maximum Gasteiger partial charge on any atom is 0.120 e. The second-order valence-electron chi connectivity index (χ2n) is 6.45. The van der Waals surface area contributed by atoms with Gasteiger partial charge in [0, 0.05) is 42.3 Å². The number of anilines is 1. The first-order valence-corrected chi connectivity index (χ1v) is 8.76. The van der Waals surface area contributed by atoms with E-state index in [1.165, 1.54) is 27.9 Å². The number of rotatable bonds is 4. The van der Waals surface area contributed by atoms with E-state index in [1.54, 1.807) is 6.20 Å². The maximum absolute atomic E-state index is 5.98. The number of ether oxygens (including phenoxy) is 1. The van der Waals surface area contributed by atoms with Gasteiger partial charge in [0.15, 0.2) is 0 Å². The predicted octanol–water partition coefficient (Wildman–Crippen LogP) is 4.98. The number of benzene rings is 2. The van der Waals surface area contributed by atoms with E-state index in [-0.39, 0.29) is 0 Å². The minimum atomic E-state index is 0.541. The largest absolute Gasteiger partial charge is 0.489 e. The molecule has 3 aromatic rings. The molecule has 0 atom stereocenters. The van der Waals surface area contributed by atoms with E-state index in [9.17, 15) is 0 Å². The van der Waals surface area contributed by atoms with Crippen LogP contribution in [0.25, 0.3) is 11.1 Å². The Hall–Kier alpha value is -2.81. The zero-order valence-corrected chi connectivity index (χ0v) is 14.7. The topological polar surface area (TPSA) is 25.4 Å². The monoisotopic (exact) mass is 330 g/mol. The summed E-state index contributed by atoms with van der Waals surface area (Å²) in [5, 5.41) is 0. The van der Waals surface area contributed by atoms with Crippen molar-refractivity contribution >= 4 is 5.69 Å². The second-order valence-corrected chi connectivity index (χ2v) is 6.45. The molecule has 3 heteroatoms. The molecule has 2 aromatic carbocycles. The highest BCUT2D eigenvalue weighted by Crippen LogP contribution is 2.41. The highest BCUT2D eigenvalue weighted by atomic mass is 16.5. The maximum atomic E-state index is 5.98. The van der Waals surface area contributed by atoms with Crippen molar-refractivity contribution in [2.24, 2.45) is 0 Å². The van der Waals surface area contributed by atoms with E-state index in [4.69, 9.17) is 4.74 Å². The molecule has 0 aliphatic carbocycles. The molecular weight excluding hydrogens is 308 g/mol. The van der Waals surface area contributed by atoms with Crippen LogP contribution >= 0.6 is 0 Å². The number of aryl methyl sites for hydroxylation is 1. The fourth-order valence-electron chi connectivity index (χ4n) is 3.55. The number of hydrogen-bond donors (Lipinski definition) is 0. The first kappa shape index (κ1) is 15.7. The van der Waals surface area contributed by atoms with Gasteiger partial charge in [-0.2, -0.15) is 0 Å². The third kappa shape index (κ3) is 2.98. The van der Waals surface area contributed by atoms with E-state index in [0.717, 1.165) is 24.4 Å². The summed E-state index contributed by atoms with van der Waals surface area (Å²) in [5.74, 6) is 0.912. The van der Waals surface area contributed by atoms with E-state index in [0.29, 0.717) is 6.61 Å². The van der Waals surface area contributed by atoms with Gasteiger partial charge in [-0.05, 0) is 48.7 Å². The molecule has 0 spiro atoms. The molecule has 2 heterocycles. The van der Waals surface area contributed by atoms with Crippen molar-refractivity contribution in [2.75, 3.05) is 11.4 Å². The van der Waals surface area contributed by atoms with E-state index in [2.05, 4.69) is 60.1 Å². The summed E-state index contributed by atoms with van der Waals surface area (Å²) in [6.45, 7) is 6.87. The van der Waals surface area contributed by atoms with Gasteiger partial charge in [0.2, 0.25) is 0 Å². The standard InChI is InChI=1S/C22H22N2O/c1-3-24-14-18-12-19(25-15-17-7-5-11-23-13-17)9-10-20(18)21-8-4-6-16(2)22(21)24/h4-13H,3,14-15H2,1-2H3. The number of pyridine rings is 1. The van der Waals surface area contributed by atoms with E-state index in [1.807, 2.05) is 18.3 Å². The predicted molar refractivity (Wildman–Crippen MR) is 102 cm³/mol. The Bertz CT molecular complexity index is 890. The highest BCUT2D eigenvalue weighted by molar-refractivity contribution is 5.85. The zero-order chi connectivity index (χ0) is 17.2. The molecule has 0 unspecified atom stereocenters. The number of nitrogens with zero attached hydrogens (tertiary/aromatic N) is 2. The molecule has 3 nitrogen and oxygen atoms in total. The average molecular weight is 330 g/mol. The molecule has 0 saturated heterocycles. The average Bonchev–Trinajstić information content (AvgIpc) is 2.66. The smallest absolute Gasteiger partial charge is 0.120 e. The van der Waals surface area contributed by atoms with Crippen molar-refractivity contribution in [2.45, 2.75) is 27.0 Å². The first-order chi connectivity index (χ1) is 12.3. The van der Waals surface area contributed by atoms with Crippen LogP contribution in [0.2, 0.25) is 0 Å². The SMILES string of the molecule is CCN1Cc2cc(OCc3cccnc3)ccc2-c2cccc(C)c21. The third-order valence-electron chi connectivity index (χ3n) is 4.79. The van der Waals surface area contributed by atoms with Crippen LogP contribution in [0.4, 0.5) is 5.69 Å². The van der Waals surface area contributed by atoms with Crippen LogP contribution in [-0.4, -0.2) is 11.5 Å². The Labute approximate surface area is 148 Å². The molecule has 25 heavy (non-hydrogen) atoms. The van der Waals surface area contributed by atoms with Gasteiger partial charge in [0.25, 0.3) is 0 Å². The van der Waals surface area contributed by atoms with Crippen molar-refractivity contribution in [3.8, 4) is 16.9 Å². The zero-order valence-electron chi connectivity index (χ0n) is 14.7. The van der Waals surface area contributed by atoms with Crippen LogP contribution in [0.1, 0.15) is 23.6 Å². The molecule has 0 saturated carbocycles. The number of fused-ring (bicyclic) bond motifs is 3. The third-order valence-corrected chi connectivity index (χ3v) is 4.79. The van der Waals surface area contributed by atoms with Crippen LogP contribution in [0, 0.1) is 6.92 Å². The quantitative estimate of drug-likeness (QED) is 0.675. The molecule has 1 aromatic heterocycles. The first-order valence-electron chi connectivity index (χ1n) is 8.76. The van der Waals surface area contributed by atoms with Gasteiger partial charge in [-0.15, -0.1) is 0 Å². The van der Waals surface area contributed by atoms with E-state index < -0.39 is 0 Å². The second kappa shape index (κ2) is 6.60. The van der Waals surface area contributed by atoms with Crippen molar-refractivity contribution in [1.82, 2.24) is 4.98 Å². The van der Waals surface area contributed by atoms with Crippen molar-refractivity contribution < 1.29 is 4.74 Å². The van der Waals surface area contributed by atoms with Gasteiger partial charge in [-0.1, -0.05) is 30.3 Å². The Morgan fingerprint density at radius 3 is 2.80 bits per heavy atom. The molecule has 0 amide bonds. The summed E-state index contributed by atoms with van der Waals surface area (Å²) in [5.41, 5.74) is 7.74. The summed E-state index contributed by atoms with van der Waals surface area (Å²) in [6.07, 6.45) is 3.62. The summed E-state index contributed by atoms with van der Waals surface area (Å²) in [4.78, 5) is 6.58. The summed E-state index contributed by atoms with van der Waals surface area (Å²) >= 11 is 0. The molecule has 1 aliphatic rings. The number of hydrogen-bond acceptors (Lipinski definition) is 3. The molecule has 1 aliphatic heterocycles. The van der Waals surface area contributed by atoms with Crippen molar-refractivity contribution in [1.29, 1.82) is 0 Å². The lowest BCUT2D eigenvalue weighted by atomic mass is 9.91. The molecule has 0 fully saturated rings. The van der Waals surface area contributed by atoms with E-state index >= 15 is 0 Å². The van der Waals surface area contributed by atoms with Crippen LogP contribution in [0.3, 0.4) is 0 Å². The molecule has 126 valence electrons. The lowest BCUT2D eigenvalue weighted by Gasteiger charge is -2.33. The molecule has 4 rings (SSSR count). The lowest BCUT2D eigenvalue weighted by Crippen LogP contribution is -2.26. The fourth-order valence-corrected chi connectivity index (χ4v) is 3.55. The summed E-state index contributed by atoms with van der Waals surface area (Å²) in [7, 11) is 0. The van der Waals surface area contributed by atoms with Gasteiger partial charge in [0.05, 0.1) is 0 Å². The Kier molecular flexibility index (Phi) is 4.14. The van der Waals surface area contributed by atoms with Gasteiger partial charge < -0.3 is 9.64 Å². The normalized spacial score (nSPS) is 12.5. The van der Waals surface area contributed by atoms with Crippen molar-refractivity contribution in [3.63, 3.8) is 0 Å². The van der Waals surface area contributed by atoms with Crippen LogP contribution in [0.15, 0.2) is 60.9 Å². The molecule has 0 bridgehead atoms. The molecule has 0 radical (unpaired) electrons. The molecular formula is C22H22N2O.